The summed E-state index contributed by atoms with van der Waals surface area (Å²) in [5.41, 5.74) is 3.14. The summed E-state index contributed by atoms with van der Waals surface area (Å²) in [6.07, 6.45) is 0.941. The number of nitrogens with zero attached hydrogens (tertiary/aromatic N) is 2. The van der Waals surface area contributed by atoms with E-state index in [2.05, 4.69) is 58.1 Å². The molecule has 3 nitrogen and oxygen atoms in total. The lowest BCUT2D eigenvalue weighted by atomic mass is 10.1. The monoisotopic (exact) mass is 367 g/mol. The quantitative estimate of drug-likeness (QED) is 0.711. The Morgan fingerprint density at radius 3 is 2.62 bits per heavy atom. The van der Waals surface area contributed by atoms with Gasteiger partial charge in [0.25, 0.3) is 0 Å². The normalized spacial score (nSPS) is 11.0. The molecule has 1 aromatic carbocycles. The van der Waals surface area contributed by atoms with E-state index < -0.39 is 0 Å². The van der Waals surface area contributed by atoms with Crippen molar-refractivity contribution < 1.29 is 0 Å². The molecule has 0 aliphatic heterocycles. The fourth-order valence-corrected chi connectivity index (χ4v) is 2.57. The Labute approximate surface area is 139 Å². The highest BCUT2D eigenvalue weighted by molar-refractivity contribution is 9.10. The van der Waals surface area contributed by atoms with Crippen molar-refractivity contribution in [3.8, 4) is 0 Å². The van der Waals surface area contributed by atoms with Crippen LogP contribution >= 0.6 is 27.5 Å². The van der Waals surface area contributed by atoms with E-state index in [1.54, 1.807) is 0 Å². The first-order valence-corrected chi connectivity index (χ1v) is 8.19. The molecular formula is C16H19BrClN3. The second-order valence-electron chi connectivity index (χ2n) is 5.28. The molecule has 0 fully saturated rings. The molecule has 2 aromatic rings. The van der Waals surface area contributed by atoms with Crippen LogP contribution in [0.2, 0.25) is 5.15 Å². The van der Waals surface area contributed by atoms with Crippen LogP contribution in [0.15, 0.2) is 22.7 Å². The van der Waals surface area contributed by atoms with Gasteiger partial charge >= 0.3 is 0 Å². The maximum Gasteiger partial charge on any atom is 0.138 e. The van der Waals surface area contributed by atoms with Gasteiger partial charge in [-0.25, -0.2) is 9.97 Å². The first-order valence-electron chi connectivity index (χ1n) is 7.01. The number of aryl methyl sites for hydroxylation is 1. The number of benzene rings is 1. The third-order valence-corrected chi connectivity index (χ3v) is 4.18. The zero-order valence-corrected chi connectivity index (χ0v) is 15.0. The van der Waals surface area contributed by atoms with E-state index in [0.717, 1.165) is 33.8 Å². The van der Waals surface area contributed by atoms with Crippen LogP contribution in [-0.4, -0.2) is 9.97 Å². The van der Waals surface area contributed by atoms with Crippen LogP contribution in [0.25, 0.3) is 0 Å². The Morgan fingerprint density at radius 1 is 1.29 bits per heavy atom. The summed E-state index contributed by atoms with van der Waals surface area (Å²) in [5, 5.41) is 3.90. The molecule has 1 aromatic heterocycles. The smallest absolute Gasteiger partial charge is 0.138 e. The van der Waals surface area contributed by atoms with Crippen molar-refractivity contribution in [3.05, 3.63) is 44.8 Å². The van der Waals surface area contributed by atoms with Gasteiger partial charge in [0.15, 0.2) is 0 Å². The molecule has 0 aliphatic carbocycles. The number of hydrogen-bond acceptors (Lipinski definition) is 3. The summed E-state index contributed by atoms with van der Waals surface area (Å²) in [5.74, 6) is 1.76. The molecule has 1 N–H and O–H groups in total. The molecule has 0 bridgehead atoms. The molecule has 0 saturated carbocycles. The SMILES string of the molecule is CCc1cc(Br)ccc1Nc1nc(C(C)C)nc(Cl)c1C. The molecular weight excluding hydrogens is 350 g/mol. The van der Waals surface area contributed by atoms with Crippen LogP contribution < -0.4 is 5.32 Å². The topological polar surface area (TPSA) is 37.8 Å². The van der Waals surface area contributed by atoms with Gasteiger partial charge in [-0.2, -0.15) is 0 Å². The highest BCUT2D eigenvalue weighted by Gasteiger charge is 2.13. The molecule has 0 unspecified atom stereocenters. The van der Waals surface area contributed by atoms with Gasteiger partial charge in [-0.05, 0) is 37.1 Å². The maximum atomic E-state index is 6.23. The molecule has 1 heterocycles. The molecule has 21 heavy (non-hydrogen) atoms. The first kappa shape index (κ1) is 16.2. The van der Waals surface area contributed by atoms with Crippen molar-refractivity contribution in [2.45, 2.75) is 40.0 Å². The van der Waals surface area contributed by atoms with Gasteiger partial charge in [0.05, 0.1) is 0 Å². The van der Waals surface area contributed by atoms with Gasteiger partial charge in [0, 0.05) is 21.6 Å². The molecule has 2 rings (SSSR count). The summed E-state index contributed by atoms with van der Waals surface area (Å²) in [6.45, 7) is 8.18. The van der Waals surface area contributed by atoms with Crippen molar-refractivity contribution in [1.82, 2.24) is 9.97 Å². The zero-order chi connectivity index (χ0) is 15.6. The fourth-order valence-electron chi connectivity index (χ4n) is 1.99. The Bertz CT molecular complexity index is 656. The zero-order valence-electron chi connectivity index (χ0n) is 12.7. The van der Waals surface area contributed by atoms with Crippen molar-refractivity contribution >= 4 is 39.0 Å². The summed E-state index contributed by atoms with van der Waals surface area (Å²) >= 11 is 9.73. The Morgan fingerprint density at radius 2 is 2.00 bits per heavy atom. The Kier molecular flexibility index (Phi) is 5.22. The minimum absolute atomic E-state index is 0.235. The lowest BCUT2D eigenvalue weighted by molar-refractivity contribution is 0.773. The minimum atomic E-state index is 0.235. The molecule has 0 atom stereocenters. The van der Waals surface area contributed by atoms with Crippen LogP contribution in [0.4, 0.5) is 11.5 Å². The molecule has 0 radical (unpaired) electrons. The van der Waals surface area contributed by atoms with Crippen LogP contribution in [0.1, 0.15) is 43.6 Å². The minimum Gasteiger partial charge on any atom is -0.340 e. The number of rotatable bonds is 4. The predicted molar refractivity (Wildman–Crippen MR) is 92.7 cm³/mol. The van der Waals surface area contributed by atoms with E-state index in [0.29, 0.717) is 5.15 Å². The third kappa shape index (κ3) is 3.74. The Hall–Kier alpha value is -1.13. The van der Waals surface area contributed by atoms with Gasteiger partial charge in [-0.15, -0.1) is 0 Å². The van der Waals surface area contributed by atoms with Crippen molar-refractivity contribution in [2.24, 2.45) is 0 Å². The van der Waals surface area contributed by atoms with Crippen LogP contribution in [0.3, 0.4) is 0 Å². The second kappa shape index (κ2) is 6.75. The largest absolute Gasteiger partial charge is 0.340 e. The molecule has 0 saturated heterocycles. The average molecular weight is 369 g/mol. The molecule has 0 amide bonds. The van der Waals surface area contributed by atoms with Crippen molar-refractivity contribution in [1.29, 1.82) is 0 Å². The van der Waals surface area contributed by atoms with Gasteiger partial charge in [0.1, 0.15) is 16.8 Å². The lowest BCUT2D eigenvalue weighted by Crippen LogP contribution is -2.06. The highest BCUT2D eigenvalue weighted by atomic mass is 79.9. The van der Waals surface area contributed by atoms with Crippen LogP contribution in [0.5, 0.6) is 0 Å². The van der Waals surface area contributed by atoms with E-state index in [4.69, 9.17) is 11.6 Å². The van der Waals surface area contributed by atoms with Gasteiger partial charge in [0.2, 0.25) is 0 Å². The summed E-state index contributed by atoms with van der Waals surface area (Å²) in [4.78, 5) is 8.95. The standard InChI is InChI=1S/C16H19BrClN3/c1-5-11-8-12(17)6-7-13(11)19-16-10(4)14(18)20-15(21-16)9(2)3/h6-9H,5H2,1-4H3,(H,19,20,21). The molecule has 0 spiro atoms. The number of anilines is 2. The predicted octanol–water partition coefficient (Wildman–Crippen LogP) is 5.63. The van der Waals surface area contributed by atoms with Crippen molar-refractivity contribution in [3.63, 3.8) is 0 Å². The summed E-state index contributed by atoms with van der Waals surface area (Å²) in [6, 6.07) is 6.18. The van der Waals surface area contributed by atoms with Crippen LogP contribution in [0, 0.1) is 6.92 Å². The average Bonchev–Trinajstić information content (AvgIpc) is 2.45. The number of nitrogens with one attached hydrogen (secondary N) is 1. The Balaban J connectivity index is 2.44. The van der Waals surface area contributed by atoms with E-state index >= 15 is 0 Å². The molecule has 112 valence electrons. The van der Waals surface area contributed by atoms with E-state index in [9.17, 15) is 0 Å². The number of halogens is 2. The fraction of sp³-hybridized carbons (Fsp3) is 0.375. The lowest BCUT2D eigenvalue weighted by Gasteiger charge is -2.15. The van der Waals surface area contributed by atoms with E-state index in [1.807, 2.05) is 19.1 Å². The number of aromatic nitrogens is 2. The van der Waals surface area contributed by atoms with Crippen molar-refractivity contribution in [2.75, 3.05) is 5.32 Å². The summed E-state index contributed by atoms with van der Waals surface area (Å²) < 4.78 is 1.07. The van der Waals surface area contributed by atoms with E-state index in [1.165, 1.54) is 5.56 Å². The molecule has 0 aliphatic rings. The number of hydrogen-bond donors (Lipinski definition) is 1. The second-order valence-corrected chi connectivity index (χ2v) is 6.55. The van der Waals surface area contributed by atoms with E-state index in [-0.39, 0.29) is 5.92 Å². The van der Waals surface area contributed by atoms with Gasteiger partial charge in [-0.3, -0.25) is 0 Å². The maximum absolute atomic E-state index is 6.23. The van der Waals surface area contributed by atoms with Crippen LogP contribution in [-0.2, 0) is 6.42 Å². The van der Waals surface area contributed by atoms with Gasteiger partial charge < -0.3 is 5.32 Å². The third-order valence-electron chi connectivity index (χ3n) is 3.32. The molecule has 5 heteroatoms. The first-order chi connectivity index (χ1) is 9.92. The van der Waals surface area contributed by atoms with Gasteiger partial charge in [-0.1, -0.05) is 48.3 Å². The highest BCUT2D eigenvalue weighted by Crippen LogP contribution is 2.28. The summed E-state index contributed by atoms with van der Waals surface area (Å²) in [7, 11) is 0.